The Balaban J connectivity index is 2.27. The Morgan fingerprint density at radius 2 is 2.00 bits per heavy atom. The van der Waals surface area contributed by atoms with Gasteiger partial charge in [0.25, 0.3) is 0 Å². The monoisotopic (exact) mass is 248 g/mol. The first-order valence-electron chi connectivity index (χ1n) is 4.70. The van der Waals surface area contributed by atoms with Gasteiger partial charge in [-0.3, -0.25) is 0 Å². The van der Waals surface area contributed by atoms with Crippen LogP contribution in [0.3, 0.4) is 0 Å². The molecule has 0 aromatic rings. The minimum absolute atomic E-state index is 0.0475. The second-order valence-corrected chi connectivity index (χ2v) is 3.17. The van der Waals surface area contributed by atoms with E-state index in [2.05, 4.69) is 4.74 Å². The molecule has 0 aromatic heterocycles. The molecule has 0 bridgehead atoms. The molecule has 1 fully saturated rings. The number of carboxylic acids is 1. The molecule has 3 N–H and O–H groups in total. The van der Waals surface area contributed by atoms with Crippen LogP contribution in [0.2, 0.25) is 0 Å². The van der Waals surface area contributed by atoms with E-state index >= 15 is 0 Å². The highest BCUT2D eigenvalue weighted by Crippen LogP contribution is 2.11. The third kappa shape index (κ3) is 4.91. The van der Waals surface area contributed by atoms with Gasteiger partial charge in [0.05, 0.1) is 6.61 Å². The van der Waals surface area contributed by atoms with Crippen molar-refractivity contribution in [3.05, 3.63) is 12.2 Å². The molecule has 0 amide bonds. The van der Waals surface area contributed by atoms with Crippen LogP contribution in [0.25, 0.3) is 0 Å². The highest BCUT2D eigenvalue weighted by Gasteiger charge is 2.29. The summed E-state index contributed by atoms with van der Waals surface area (Å²) < 4.78 is 14.2. The fraction of sp³-hybridized carbons (Fsp3) is 0.556. The van der Waals surface area contributed by atoms with E-state index in [1.807, 2.05) is 0 Å². The van der Waals surface area contributed by atoms with Crippen molar-refractivity contribution < 1.29 is 39.1 Å². The van der Waals surface area contributed by atoms with Crippen molar-refractivity contribution >= 4 is 11.9 Å². The number of aliphatic hydroxyl groups excluding tert-OH is 2. The van der Waals surface area contributed by atoms with E-state index in [1.54, 1.807) is 0 Å². The van der Waals surface area contributed by atoms with Crippen LogP contribution in [-0.4, -0.2) is 59.2 Å². The van der Waals surface area contributed by atoms with Gasteiger partial charge in [-0.1, -0.05) is 0 Å². The Morgan fingerprint density at radius 1 is 1.29 bits per heavy atom. The molecule has 0 saturated carbocycles. The van der Waals surface area contributed by atoms with E-state index < -0.39 is 30.6 Å². The molecule has 96 valence electrons. The van der Waals surface area contributed by atoms with E-state index in [1.165, 1.54) is 0 Å². The van der Waals surface area contributed by atoms with E-state index in [9.17, 15) is 9.59 Å². The van der Waals surface area contributed by atoms with Crippen LogP contribution in [0.1, 0.15) is 0 Å². The summed E-state index contributed by atoms with van der Waals surface area (Å²) >= 11 is 0. The smallest absolute Gasteiger partial charge is 0.331 e. The number of rotatable bonds is 4. The fourth-order valence-electron chi connectivity index (χ4n) is 1.04. The third-order valence-corrected chi connectivity index (χ3v) is 1.80. The maximum Gasteiger partial charge on any atom is 0.331 e. The second kappa shape index (κ2) is 6.30. The minimum Gasteiger partial charge on any atom is -0.478 e. The molecule has 0 aromatic carbocycles. The summed E-state index contributed by atoms with van der Waals surface area (Å²) in [5.74, 6) is -2.12. The molecule has 0 radical (unpaired) electrons. The number of aliphatic carboxylic acids is 1. The van der Waals surface area contributed by atoms with Crippen LogP contribution in [0.5, 0.6) is 0 Å². The molecule has 1 heterocycles. The lowest BCUT2D eigenvalue weighted by molar-refractivity contribution is -0.318. The van der Waals surface area contributed by atoms with Crippen molar-refractivity contribution in [3.8, 4) is 0 Å². The molecule has 3 unspecified atom stereocenters. The zero-order valence-electron chi connectivity index (χ0n) is 8.68. The number of carbonyl (C=O) groups excluding carboxylic acids is 1. The zero-order valence-corrected chi connectivity index (χ0v) is 8.68. The van der Waals surface area contributed by atoms with Crippen LogP contribution in [-0.2, 0) is 23.8 Å². The molecule has 1 rings (SSSR count). The Hall–Kier alpha value is -1.48. The molecule has 0 aliphatic carbocycles. The molecule has 1 aliphatic rings. The van der Waals surface area contributed by atoms with Crippen LogP contribution >= 0.6 is 0 Å². The Morgan fingerprint density at radius 3 is 2.59 bits per heavy atom. The molecule has 0 spiro atoms. The third-order valence-electron chi connectivity index (χ3n) is 1.80. The largest absolute Gasteiger partial charge is 0.478 e. The van der Waals surface area contributed by atoms with Gasteiger partial charge in [-0.15, -0.1) is 0 Å². The minimum atomic E-state index is -1.50. The molecule has 8 heteroatoms. The Labute approximate surface area is 96.0 Å². The van der Waals surface area contributed by atoms with Crippen molar-refractivity contribution in [2.24, 2.45) is 0 Å². The number of carboxylic acid groups (broad SMARTS) is 1. The summed E-state index contributed by atoms with van der Waals surface area (Å²) in [6, 6.07) is 0. The number of hydrogen-bond donors (Lipinski definition) is 3. The van der Waals surface area contributed by atoms with E-state index in [0.29, 0.717) is 6.08 Å². The molecular weight excluding hydrogens is 236 g/mol. The van der Waals surface area contributed by atoms with Crippen LogP contribution in [0.4, 0.5) is 0 Å². The summed E-state index contributed by atoms with van der Waals surface area (Å²) in [5, 5.41) is 26.2. The average molecular weight is 248 g/mol. The topological polar surface area (TPSA) is 123 Å². The zero-order chi connectivity index (χ0) is 12.8. The maximum absolute atomic E-state index is 11.0. The van der Waals surface area contributed by atoms with Gasteiger partial charge in [0.2, 0.25) is 12.6 Å². The highest BCUT2D eigenvalue weighted by atomic mass is 16.7. The van der Waals surface area contributed by atoms with Crippen LogP contribution in [0.15, 0.2) is 12.2 Å². The lowest BCUT2D eigenvalue weighted by Crippen LogP contribution is -2.45. The van der Waals surface area contributed by atoms with Crippen molar-refractivity contribution in [2.45, 2.75) is 18.7 Å². The molecule has 17 heavy (non-hydrogen) atoms. The molecule has 8 nitrogen and oxygen atoms in total. The molecule has 1 aliphatic heterocycles. The average Bonchev–Trinajstić information content (AvgIpc) is 2.28. The first kappa shape index (κ1) is 13.6. The van der Waals surface area contributed by atoms with Crippen molar-refractivity contribution in [1.29, 1.82) is 0 Å². The normalized spacial score (nSPS) is 29.2. The van der Waals surface area contributed by atoms with Gasteiger partial charge in [-0.2, -0.15) is 0 Å². The first-order chi connectivity index (χ1) is 7.99. The highest BCUT2D eigenvalue weighted by molar-refractivity contribution is 5.90. The number of hydrogen-bond acceptors (Lipinski definition) is 7. The summed E-state index contributed by atoms with van der Waals surface area (Å²) in [6.07, 6.45) is -2.25. The fourth-order valence-corrected chi connectivity index (χ4v) is 1.04. The Bertz CT molecular complexity index is 312. The van der Waals surface area contributed by atoms with Gasteiger partial charge in [0.1, 0.15) is 12.7 Å². The van der Waals surface area contributed by atoms with Crippen LogP contribution in [0, 0.1) is 0 Å². The van der Waals surface area contributed by atoms with Crippen molar-refractivity contribution in [1.82, 2.24) is 0 Å². The van der Waals surface area contributed by atoms with E-state index in [4.69, 9.17) is 24.8 Å². The van der Waals surface area contributed by atoms with Gasteiger partial charge in [-0.05, 0) is 0 Å². The summed E-state index contributed by atoms with van der Waals surface area (Å²) in [5.41, 5.74) is 0. The second-order valence-electron chi connectivity index (χ2n) is 3.17. The predicted molar refractivity (Wildman–Crippen MR) is 50.6 cm³/mol. The molecule has 3 atom stereocenters. The van der Waals surface area contributed by atoms with E-state index in [-0.39, 0.29) is 13.2 Å². The summed E-state index contributed by atoms with van der Waals surface area (Å²) in [6.45, 7) is -0.263. The molecule has 1 saturated heterocycles. The predicted octanol–water partition coefficient (Wildman–Crippen LogP) is -1.78. The first-order valence-corrected chi connectivity index (χ1v) is 4.70. The standard InChI is InChI=1S/C9H12O8/c10-6(11)1-2-7(12)15-3-5-4-16-8(13)9(14)17-5/h1-2,5,8-9,13-14H,3-4H2,(H,10,11)/b2-1+. The molecular formula is C9H12O8. The van der Waals surface area contributed by atoms with Crippen molar-refractivity contribution in [2.75, 3.05) is 13.2 Å². The number of carbonyl (C=O) groups is 2. The lowest BCUT2D eigenvalue weighted by atomic mass is 10.3. The summed E-state index contributed by atoms with van der Waals surface area (Å²) in [7, 11) is 0. The van der Waals surface area contributed by atoms with Gasteiger partial charge in [-0.25, -0.2) is 9.59 Å². The number of aliphatic hydroxyl groups is 2. The Kier molecular flexibility index (Phi) is 5.04. The number of ether oxygens (including phenoxy) is 3. The summed E-state index contributed by atoms with van der Waals surface area (Å²) in [4.78, 5) is 21.0. The lowest BCUT2D eigenvalue weighted by Gasteiger charge is -2.30. The van der Waals surface area contributed by atoms with Crippen LogP contribution < -0.4 is 0 Å². The van der Waals surface area contributed by atoms with Gasteiger partial charge < -0.3 is 29.5 Å². The maximum atomic E-state index is 11.0. The van der Waals surface area contributed by atoms with E-state index in [0.717, 1.165) is 6.08 Å². The quantitative estimate of drug-likeness (QED) is 0.394. The number of esters is 1. The van der Waals surface area contributed by atoms with Gasteiger partial charge >= 0.3 is 11.9 Å². The van der Waals surface area contributed by atoms with Gasteiger partial charge in [0.15, 0.2) is 0 Å². The van der Waals surface area contributed by atoms with Gasteiger partial charge in [0, 0.05) is 12.2 Å². The SMILES string of the molecule is O=C(O)/C=C/C(=O)OCC1COC(O)C(O)O1. The van der Waals surface area contributed by atoms with Crippen molar-refractivity contribution in [3.63, 3.8) is 0 Å².